The summed E-state index contributed by atoms with van der Waals surface area (Å²) in [6, 6.07) is 12.6. The van der Waals surface area contributed by atoms with Crippen molar-refractivity contribution < 1.29 is 4.92 Å². The van der Waals surface area contributed by atoms with E-state index in [1.54, 1.807) is 4.57 Å². The Bertz CT molecular complexity index is 819. The van der Waals surface area contributed by atoms with Crippen LogP contribution in [0.3, 0.4) is 0 Å². The van der Waals surface area contributed by atoms with Gasteiger partial charge in [0.05, 0.1) is 4.92 Å². The molecule has 7 nitrogen and oxygen atoms in total. The topological polar surface area (TPSA) is 86.7 Å². The molecule has 2 aromatic heterocycles. The zero-order valence-electron chi connectivity index (χ0n) is 11.6. The third kappa shape index (κ3) is 2.68. The van der Waals surface area contributed by atoms with Crippen LogP contribution in [0.15, 0.2) is 58.8 Å². The number of hydrogen-bond donors (Lipinski definition) is 0. The maximum atomic E-state index is 11.0. The standard InChI is InChI=1S/C14H11N5O2S/c1-18-12(10-6-3-2-4-7-10)16-17-14(18)22-13-11(19(20)21)8-5-9-15-13/h2-9H,1H3. The minimum atomic E-state index is -0.455. The number of aromatic nitrogens is 4. The average molecular weight is 313 g/mol. The van der Waals surface area contributed by atoms with Gasteiger partial charge in [0, 0.05) is 24.9 Å². The van der Waals surface area contributed by atoms with E-state index in [9.17, 15) is 10.1 Å². The van der Waals surface area contributed by atoms with Crippen molar-refractivity contribution in [2.24, 2.45) is 7.05 Å². The van der Waals surface area contributed by atoms with E-state index in [1.807, 2.05) is 37.4 Å². The number of nitrogens with zero attached hydrogens (tertiary/aromatic N) is 5. The molecule has 0 atom stereocenters. The zero-order valence-corrected chi connectivity index (χ0v) is 12.4. The van der Waals surface area contributed by atoms with Crippen LogP contribution in [0.2, 0.25) is 0 Å². The van der Waals surface area contributed by atoms with Gasteiger partial charge in [-0.25, -0.2) is 4.98 Å². The summed E-state index contributed by atoms with van der Waals surface area (Å²) in [5.74, 6) is 0.696. The molecule has 0 unspecified atom stereocenters. The van der Waals surface area contributed by atoms with Crippen molar-refractivity contribution >= 4 is 17.4 Å². The highest BCUT2D eigenvalue weighted by atomic mass is 32.2. The van der Waals surface area contributed by atoms with Crippen molar-refractivity contribution in [2.45, 2.75) is 10.2 Å². The predicted octanol–water partition coefficient (Wildman–Crippen LogP) is 2.94. The second-order valence-corrected chi connectivity index (χ2v) is 5.37. The van der Waals surface area contributed by atoms with E-state index >= 15 is 0 Å². The molecule has 0 saturated heterocycles. The Morgan fingerprint density at radius 2 is 1.91 bits per heavy atom. The van der Waals surface area contributed by atoms with Gasteiger partial charge in [0.2, 0.25) is 0 Å². The largest absolute Gasteiger partial charge is 0.305 e. The highest BCUT2D eigenvalue weighted by Gasteiger charge is 2.19. The number of rotatable bonds is 4. The van der Waals surface area contributed by atoms with Crippen LogP contribution >= 0.6 is 11.8 Å². The minimum absolute atomic E-state index is 0.0447. The summed E-state index contributed by atoms with van der Waals surface area (Å²) < 4.78 is 1.79. The van der Waals surface area contributed by atoms with Gasteiger partial charge in [0.1, 0.15) is 0 Å². The molecule has 0 radical (unpaired) electrons. The quantitative estimate of drug-likeness (QED) is 0.543. The first kappa shape index (κ1) is 14.2. The molecule has 2 heterocycles. The molecule has 0 spiro atoms. The van der Waals surface area contributed by atoms with E-state index in [-0.39, 0.29) is 5.69 Å². The molecule has 8 heteroatoms. The lowest BCUT2D eigenvalue weighted by Gasteiger charge is -2.03. The van der Waals surface area contributed by atoms with Gasteiger partial charge < -0.3 is 4.57 Å². The summed E-state index contributed by atoms with van der Waals surface area (Å²) in [4.78, 5) is 14.6. The molecule has 22 heavy (non-hydrogen) atoms. The van der Waals surface area contributed by atoms with Gasteiger partial charge in [0.25, 0.3) is 0 Å². The molecule has 0 aliphatic heterocycles. The fourth-order valence-corrected chi connectivity index (χ4v) is 2.77. The molecule has 0 amide bonds. The van der Waals surface area contributed by atoms with Crippen molar-refractivity contribution in [1.82, 2.24) is 19.7 Å². The predicted molar refractivity (Wildman–Crippen MR) is 81.5 cm³/mol. The van der Waals surface area contributed by atoms with Crippen molar-refractivity contribution in [2.75, 3.05) is 0 Å². The molecule has 3 rings (SSSR count). The van der Waals surface area contributed by atoms with Crippen molar-refractivity contribution in [3.05, 3.63) is 58.8 Å². The van der Waals surface area contributed by atoms with E-state index in [0.29, 0.717) is 16.0 Å². The molecule has 0 aliphatic carbocycles. The van der Waals surface area contributed by atoms with Gasteiger partial charge in [0.15, 0.2) is 16.0 Å². The third-order valence-corrected chi connectivity index (χ3v) is 4.05. The summed E-state index contributed by atoms with van der Waals surface area (Å²) in [6.07, 6.45) is 1.52. The smallest absolute Gasteiger partial charge is 0.301 e. The lowest BCUT2D eigenvalue weighted by Crippen LogP contribution is -1.97. The first-order valence-electron chi connectivity index (χ1n) is 6.39. The molecular formula is C14H11N5O2S. The Hall–Kier alpha value is -2.74. The third-order valence-electron chi connectivity index (χ3n) is 3.00. The highest BCUT2D eigenvalue weighted by Crippen LogP contribution is 2.32. The summed E-state index contributed by atoms with van der Waals surface area (Å²) >= 11 is 1.12. The van der Waals surface area contributed by atoms with Gasteiger partial charge >= 0.3 is 5.69 Å². The van der Waals surface area contributed by atoms with Crippen molar-refractivity contribution in [3.8, 4) is 11.4 Å². The van der Waals surface area contributed by atoms with E-state index in [1.165, 1.54) is 18.3 Å². The number of pyridine rings is 1. The van der Waals surface area contributed by atoms with Crippen LogP contribution in [0.1, 0.15) is 0 Å². The first-order valence-corrected chi connectivity index (χ1v) is 7.20. The lowest BCUT2D eigenvalue weighted by atomic mass is 10.2. The van der Waals surface area contributed by atoms with Gasteiger partial charge in [-0.2, -0.15) is 0 Å². The molecule has 1 aromatic carbocycles. The molecule has 3 aromatic rings. The first-order chi connectivity index (χ1) is 10.7. The Morgan fingerprint density at radius 1 is 1.14 bits per heavy atom. The van der Waals surface area contributed by atoms with Crippen LogP contribution in [0.25, 0.3) is 11.4 Å². The van der Waals surface area contributed by atoms with Gasteiger partial charge in [-0.1, -0.05) is 30.3 Å². The summed E-state index contributed by atoms with van der Waals surface area (Å²) in [5.41, 5.74) is 0.886. The van der Waals surface area contributed by atoms with Gasteiger partial charge in [-0.3, -0.25) is 10.1 Å². The Labute approximate surface area is 130 Å². The van der Waals surface area contributed by atoms with Crippen LogP contribution < -0.4 is 0 Å². The Kier molecular flexibility index (Phi) is 3.84. The highest BCUT2D eigenvalue weighted by molar-refractivity contribution is 7.99. The van der Waals surface area contributed by atoms with Crippen LogP contribution in [-0.2, 0) is 7.05 Å². The zero-order chi connectivity index (χ0) is 15.5. The van der Waals surface area contributed by atoms with Crippen molar-refractivity contribution in [1.29, 1.82) is 0 Å². The van der Waals surface area contributed by atoms with E-state index in [0.717, 1.165) is 17.3 Å². The van der Waals surface area contributed by atoms with Gasteiger partial charge in [-0.15, -0.1) is 10.2 Å². The Morgan fingerprint density at radius 3 is 2.64 bits per heavy atom. The lowest BCUT2D eigenvalue weighted by molar-refractivity contribution is -0.388. The van der Waals surface area contributed by atoms with E-state index in [2.05, 4.69) is 15.2 Å². The van der Waals surface area contributed by atoms with Crippen LogP contribution in [0, 0.1) is 10.1 Å². The fourth-order valence-electron chi connectivity index (χ4n) is 1.93. The molecule has 0 bridgehead atoms. The van der Waals surface area contributed by atoms with Gasteiger partial charge in [-0.05, 0) is 17.8 Å². The fraction of sp³-hybridized carbons (Fsp3) is 0.0714. The average Bonchev–Trinajstić information content (AvgIpc) is 2.89. The normalized spacial score (nSPS) is 10.6. The maximum absolute atomic E-state index is 11.0. The number of hydrogen-bond acceptors (Lipinski definition) is 6. The molecule has 110 valence electrons. The van der Waals surface area contributed by atoms with Crippen molar-refractivity contribution in [3.63, 3.8) is 0 Å². The Balaban J connectivity index is 1.95. The summed E-state index contributed by atoms with van der Waals surface area (Å²) in [7, 11) is 1.82. The minimum Gasteiger partial charge on any atom is -0.305 e. The van der Waals surface area contributed by atoms with E-state index in [4.69, 9.17) is 0 Å². The molecule has 0 aliphatic rings. The maximum Gasteiger partial charge on any atom is 0.301 e. The second-order valence-electron chi connectivity index (χ2n) is 4.42. The molecule has 0 N–H and O–H groups in total. The molecular weight excluding hydrogens is 302 g/mol. The summed E-state index contributed by atoms with van der Waals surface area (Å²) in [5, 5.41) is 20.1. The van der Waals surface area contributed by atoms with E-state index < -0.39 is 4.92 Å². The summed E-state index contributed by atoms with van der Waals surface area (Å²) in [6.45, 7) is 0. The van der Waals surface area contributed by atoms with Crippen LogP contribution in [0.4, 0.5) is 5.69 Å². The number of nitro groups is 1. The second kappa shape index (κ2) is 5.94. The molecule has 0 fully saturated rings. The number of benzene rings is 1. The monoisotopic (exact) mass is 313 g/mol. The SMILES string of the molecule is Cn1c(Sc2ncccc2[N+](=O)[O-])nnc1-c1ccccc1. The molecule has 0 saturated carbocycles. The van der Waals surface area contributed by atoms with Crippen LogP contribution in [-0.4, -0.2) is 24.7 Å². The van der Waals surface area contributed by atoms with Crippen LogP contribution in [0.5, 0.6) is 0 Å².